The molecule has 4 N–H and O–H groups in total. The maximum Gasteiger partial charge on any atom is 0.0662 e. The van der Waals surface area contributed by atoms with E-state index in [0.717, 1.165) is 55.0 Å². The highest BCUT2D eigenvalue weighted by molar-refractivity contribution is 5.65. The first-order valence-corrected chi connectivity index (χ1v) is 11.4. The molecule has 0 radical (unpaired) electrons. The Morgan fingerprint density at radius 3 is 1.65 bits per heavy atom. The van der Waals surface area contributed by atoms with Crippen LogP contribution in [0.5, 0.6) is 0 Å². The molecule has 0 bridgehead atoms. The van der Waals surface area contributed by atoms with E-state index in [0.29, 0.717) is 26.4 Å². The van der Waals surface area contributed by atoms with Gasteiger partial charge in [0.2, 0.25) is 0 Å². The van der Waals surface area contributed by atoms with Gasteiger partial charge >= 0.3 is 0 Å². The molecule has 0 heterocycles. The summed E-state index contributed by atoms with van der Waals surface area (Å²) in [5, 5.41) is 4.54. The monoisotopic (exact) mass is 428 g/mol. The first-order chi connectivity index (χ1) is 15.0. The zero-order valence-electron chi connectivity index (χ0n) is 19.7. The Balaban J connectivity index is 2.49. The van der Waals surface area contributed by atoms with Gasteiger partial charge in [0, 0.05) is 25.1 Å². The van der Waals surface area contributed by atoms with E-state index in [2.05, 4.69) is 48.1 Å². The van der Waals surface area contributed by atoms with Crippen molar-refractivity contribution >= 4 is 22.7 Å². The van der Waals surface area contributed by atoms with Gasteiger partial charge in [-0.1, -0.05) is 26.7 Å². The predicted molar refractivity (Wildman–Crippen MR) is 133 cm³/mol. The van der Waals surface area contributed by atoms with Crippen LogP contribution in [-0.2, 0) is 22.3 Å². The molecule has 2 rings (SSSR count). The molecule has 0 amide bonds. The van der Waals surface area contributed by atoms with E-state index >= 15 is 0 Å². The largest absolute Gasteiger partial charge is 0.399 e. The third kappa shape index (κ3) is 7.04. The lowest BCUT2D eigenvalue weighted by molar-refractivity contribution is 0.152. The van der Waals surface area contributed by atoms with Crippen molar-refractivity contribution in [1.29, 1.82) is 0 Å². The van der Waals surface area contributed by atoms with Crippen molar-refractivity contribution in [2.75, 3.05) is 61.5 Å². The molecule has 0 aliphatic heterocycles. The van der Waals surface area contributed by atoms with Crippen LogP contribution in [0.2, 0.25) is 0 Å². The van der Waals surface area contributed by atoms with Crippen molar-refractivity contribution in [1.82, 2.24) is 0 Å². The maximum absolute atomic E-state index is 6.24. The van der Waals surface area contributed by atoms with Gasteiger partial charge in [0.1, 0.15) is 0 Å². The summed E-state index contributed by atoms with van der Waals surface area (Å²) in [5.41, 5.74) is 18.7. The number of nitrogen functional groups attached to an aromatic ring is 2. The lowest BCUT2D eigenvalue weighted by Crippen LogP contribution is -2.47. The molecule has 0 aliphatic rings. The molecule has 2 aromatic carbocycles. The average molecular weight is 429 g/mol. The van der Waals surface area contributed by atoms with Gasteiger partial charge in [-0.15, -0.1) is 0 Å². The van der Waals surface area contributed by atoms with Crippen molar-refractivity contribution in [2.45, 2.75) is 46.5 Å². The van der Waals surface area contributed by atoms with E-state index in [1.807, 2.05) is 19.1 Å². The van der Waals surface area contributed by atoms with Crippen molar-refractivity contribution in [2.24, 2.45) is 0 Å². The van der Waals surface area contributed by atoms with Crippen LogP contribution in [0.3, 0.4) is 0 Å². The second kappa shape index (κ2) is 13.1. The molecule has 6 heteroatoms. The minimum atomic E-state index is 0.607. The van der Waals surface area contributed by atoms with Crippen LogP contribution in [-0.4, -0.2) is 40.0 Å². The lowest BCUT2D eigenvalue weighted by Gasteiger charge is -2.39. The van der Waals surface area contributed by atoms with Gasteiger partial charge in [0.15, 0.2) is 0 Å². The number of hydrogen-bond acceptors (Lipinski definition) is 6. The predicted octanol–water partition coefficient (Wildman–Crippen LogP) is 4.67. The quantitative estimate of drug-likeness (QED) is 0.259. The minimum Gasteiger partial charge on any atom is -0.399 e. The highest BCUT2D eigenvalue weighted by Crippen LogP contribution is 2.29. The van der Waals surface area contributed by atoms with Gasteiger partial charge in [-0.2, -0.15) is 0 Å². The molecule has 2 aromatic rings. The van der Waals surface area contributed by atoms with Gasteiger partial charge < -0.3 is 20.9 Å². The summed E-state index contributed by atoms with van der Waals surface area (Å²) in [7, 11) is 1.73. The molecule has 0 aliphatic carbocycles. The summed E-state index contributed by atoms with van der Waals surface area (Å²) < 4.78 is 11.2. The fourth-order valence-electron chi connectivity index (χ4n) is 3.73. The van der Waals surface area contributed by atoms with E-state index in [9.17, 15) is 0 Å². The number of benzene rings is 2. The van der Waals surface area contributed by atoms with Gasteiger partial charge in [0.05, 0.1) is 37.7 Å². The van der Waals surface area contributed by atoms with Gasteiger partial charge in [-0.05, 0) is 67.3 Å². The number of anilines is 4. The first kappa shape index (κ1) is 24.8. The second-order valence-electron chi connectivity index (χ2n) is 7.70. The molecule has 0 saturated carbocycles. The molecule has 0 spiro atoms. The van der Waals surface area contributed by atoms with Crippen molar-refractivity contribution in [3.05, 3.63) is 47.5 Å². The molecule has 0 saturated heterocycles. The molecule has 0 unspecified atom stereocenters. The molecule has 6 nitrogen and oxygen atoms in total. The van der Waals surface area contributed by atoms with E-state index in [1.165, 1.54) is 11.1 Å². The van der Waals surface area contributed by atoms with Gasteiger partial charge in [-0.3, -0.25) is 10.0 Å². The van der Waals surface area contributed by atoms with E-state index in [4.69, 9.17) is 20.9 Å². The Labute approximate surface area is 188 Å². The van der Waals surface area contributed by atoms with Crippen LogP contribution in [0, 0.1) is 0 Å². The topological polar surface area (TPSA) is 77.0 Å². The summed E-state index contributed by atoms with van der Waals surface area (Å²) in [4.78, 5) is 0. The number of methoxy groups -OCH3 is 1. The van der Waals surface area contributed by atoms with E-state index in [1.54, 1.807) is 7.11 Å². The zero-order valence-corrected chi connectivity index (χ0v) is 19.7. The number of nitrogens with two attached hydrogens (primary N) is 2. The molecular formula is C25H40N4O2. The highest BCUT2D eigenvalue weighted by atomic mass is 16.5. The average Bonchev–Trinajstić information content (AvgIpc) is 2.76. The second-order valence-corrected chi connectivity index (χ2v) is 7.70. The van der Waals surface area contributed by atoms with Crippen LogP contribution in [0.4, 0.5) is 22.7 Å². The van der Waals surface area contributed by atoms with Crippen molar-refractivity contribution < 1.29 is 9.47 Å². The van der Waals surface area contributed by atoms with Gasteiger partial charge in [0.25, 0.3) is 0 Å². The summed E-state index contributed by atoms with van der Waals surface area (Å²) in [6, 6.07) is 12.6. The third-order valence-corrected chi connectivity index (χ3v) is 5.34. The van der Waals surface area contributed by atoms with Crippen LogP contribution in [0.1, 0.15) is 44.7 Å². The van der Waals surface area contributed by atoms with Gasteiger partial charge in [-0.25, -0.2) is 0 Å². The molecule has 172 valence electrons. The summed E-state index contributed by atoms with van der Waals surface area (Å²) >= 11 is 0. The molecule has 0 fully saturated rings. The van der Waals surface area contributed by atoms with Crippen LogP contribution in [0.15, 0.2) is 36.4 Å². The SMILES string of the molecule is CCCc1cc(N(CCOC)N(CCOCC)c2ccc(N)c(CCC)c2)ccc1N. The molecular weight excluding hydrogens is 388 g/mol. The minimum absolute atomic E-state index is 0.607. The molecule has 31 heavy (non-hydrogen) atoms. The van der Waals surface area contributed by atoms with E-state index in [-0.39, 0.29) is 0 Å². The fourth-order valence-corrected chi connectivity index (χ4v) is 3.73. The van der Waals surface area contributed by atoms with Crippen LogP contribution < -0.4 is 21.5 Å². The fraction of sp³-hybridized carbons (Fsp3) is 0.520. The van der Waals surface area contributed by atoms with E-state index < -0.39 is 0 Å². The Morgan fingerprint density at radius 2 is 1.23 bits per heavy atom. The summed E-state index contributed by atoms with van der Waals surface area (Å²) in [6.07, 6.45) is 4.02. The Kier molecular flexibility index (Phi) is 10.5. The third-order valence-electron chi connectivity index (χ3n) is 5.34. The smallest absolute Gasteiger partial charge is 0.0662 e. The standard InChI is InChI=1S/C25H40N4O2/c1-5-8-20-18-22(10-12-24(20)26)28(14-16-30-4)29(15-17-31-7-3)23-11-13-25(27)21(19-23)9-6-2/h10-13,18-19H,5-9,14-17,26-27H2,1-4H3. The molecule has 0 atom stereocenters. The normalized spacial score (nSPS) is 11.0. The highest BCUT2D eigenvalue weighted by Gasteiger charge is 2.19. The van der Waals surface area contributed by atoms with Crippen LogP contribution in [0.25, 0.3) is 0 Å². The number of aryl methyl sites for hydroxylation is 2. The number of ether oxygens (including phenoxy) is 2. The Morgan fingerprint density at radius 1 is 0.742 bits per heavy atom. The summed E-state index contributed by atoms with van der Waals surface area (Å²) in [5.74, 6) is 0. The van der Waals surface area contributed by atoms with Crippen LogP contribution >= 0.6 is 0 Å². The zero-order chi connectivity index (χ0) is 22.6. The number of hydrazine groups is 1. The molecule has 0 aromatic heterocycles. The Hall–Kier alpha value is -2.44. The summed E-state index contributed by atoms with van der Waals surface area (Å²) in [6.45, 7) is 9.73. The van der Waals surface area contributed by atoms with Crippen molar-refractivity contribution in [3.8, 4) is 0 Å². The Bertz CT molecular complexity index is 797. The lowest BCUT2D eigenvalue weighted by atomic mass is 10.1. The number of hydrogen-bond donors (Lipinski definition) is 2. The first-order valence-electron chi connectivity index (χ1n) is 11.4. The van der Waals surface area contributed by atoms with Crippen molar-refractivity contribution in [3.63, 3.8) is 0 Å². The number of rotatable bonds is 14. The maximum atomic E-state index is 6.24. The number of nitrogens with zero attached hydrogens (tertiary/aromatic N) is 2.